The molecule has 138 valence electrons. The van der Waals surface area contributed by atoms with Gasteiger partial charge in [-0.1, -0.05) is 48.2 Å². The first-order valence-electron chi connectivity index (χ1n) is 7.86. The van der Waals surface area contributed by atoms with Crippen molar-refractivity contribution in [1.82, 2.24) is 0 Å². The van der Waals surface area contributed by atoms with Crippen LogP contribution in [0.2, 0.25) is 0 Å². The van der Waals surface area contributed by atoms with Crippen LogP contribution < -0.4 is 4.90 Å². The molecule has 0 unspecified atom stereocenters. The van der Waals surface area contributed by atoms with Crippen LogP contribution in [-0.2, 0) is 4.79 Å². The summed E-state index contributed by atoms with van der Waals surface area (Å²) in [5.41, 5.74) is 1.18. The van der Waals surface area contributed by atoms with Crippen LogP contribution in [0.1, 0.15) is 5.56 Å². The van der Waals surface area contributed by atoms with Crippen molar-refractivity contribution in [2.45, 2.75) is 4.90 Å². The van der Waals surface area contributed by atoms with Gasteiger partial charge in [-0.25, -0.2) is 0 Å². The minimum Gasteiger partial charge on any atom is -0.396 e. The molecule has 9 heteroatoms. The summed E-state index contributed by atoms with van der Waals surface area (Å²) in [5.74, 6) is 0.119. The molecule has 0 radical (unpaired) electrons. The summed E-state index contributed by atoms with van der Waals surface area (Å²) in [6.07, 6.45) is 1.61. The Hall–Kier alpha value is -2.20. The standard InChI is InChI=1S/C18H14N2O4S3/c21-8-9-26-15-7-6-12(10-14(15)20(23)24)11-16-17(22)19(18(25)27-16)13-4-2-1-3-5-13/h1-7,10-11,21H,8-9H2/b16-11-. The highest BCUT2D eigenvalue weighted by molar-refractivity contribution is 8.27. The first-order chi connectivity index (χ1) is 13.0. The third-order valence-electron chi connectivity index (χ3n) is 3.63. The van der Waals surface area contributed by atoms with E-state index in [0.29, 0.717) is 31.1 Å². The van der Waals surface area contributed by atoms with Gasteiger partial charge < -0.3 is 5.11 Å². The lowest BCUT2D eigenvalue weighted by Crippen LogP contribution is -2.27. The molecular formula is C18H14N2O4S3. The van der Waals surface area contributed by atoms with Crippen molar-refractivity contribution < 1.29 is 14.8 Å². The summed E-state index contributed by atoms with van der Waals surface area (Å²) in [6, 6.07) is 13.9. The zero-order valence-corrected chi connectivity index (χ0v) is 16.4. The summed E-state index contributed by atoms with van der Waals surface area (Å²) in [5, 5.41) is 20.3. The van der Waals surface area contributed by atoms with Crippen molar-refractivity contribution in [3.8, 4) is 0 Å². The molecule has 0 bridgehead atoms. The predicted molar refractivity (Wildman–Crippen MR) is 113 cm³/mol. The number of aliphatic hydroxyl groups is 1. The van der Waals surface area contributed by atoms with E-state index in [0.717, 1.165) is 11.8 Å². The highest BCUT2D eigenvalue weighted by Crippen LogP contribution is 2.37. The van der Waals surface area contributed by atoms with Crippen molar-refractivity contribution in [1.29, 1.82) is 0 Å². The molecule has 1 aliphatic heterocycles. The number of rotatable bonds is 6. The molecule has 1 N–H and O–H groups in total. The van der Waals surface area contributed by atoms with Crippen LogP contribution in [0, 0.1) is 10.1 Å². The Morgan fingerprint density at radius 2 is 2.00 bits per heavy atom. The summed E-state index contributed by atoms with van der Waals surface area (Å²) < 4.78 is 0.419. The van der Waals surface area contributed by atoms with Crippen LogP contribution >= 0.6 is 35.7 Å². The van der Waals surface area contributed by atoms with E-state index in [1.807, 2.05) is 18.2 Å². The number of thiocarbonyl (C=S) groups is 1. The molecule has 0 spiro atoms. The van der Waals surface area contributed by atoms with Gasteiger partial charge in [-0.3, -0.25) is 19.8 Å². The average Bonchev–Trinajstić information content (AvgIpc) is 2.94. The van der Waals surface area contributed by atoms with Crippen LogP contribution in [0.5, 0.6) is 0 Å². The number of nitro benzene ring substituents is 1. The normalized spacial score (nSPS) is 15.6. The largest absolute Gasteiger partial charge is 0.396 e. The number of anilines is 1. The third kappa shape index (κ3) is 4.38. The first-order valence-corrected chi connectivity index (χ1v) is 10.1. The highest BCUT2D eigenvalue weighted by atomic mass is 32.2. The van der Waals surface area contributed by atoms with Gasteiger partial charge in [0.2, 0.25) is 0 Å². The summed E-state index contributed by atoms with van der Waals surface area (Å²) in [4.78, 5) is 25.9. The van der Waals surface area contributed by atoms with Gasteiger partial charge in [0.1, 0.15) is 0 Å². The van der Waals surface area contributed by atoms with Crippen molar-refractivity contribution in [2.24, 2.45) is 0 Å². The van der Waals surface area contributed by atoms with Crippen molar-refractivity contribution in [3.05, 3.63) is 69.1 Å². The Morgan fingerprint density at radius 1 is 1.26 bits per heavy atom. The van der Waals surface area contributed by atoms with E-state index >= 15 is 0 Å². The molecule has 1 aliphatic rings. The molecule has 27 heavy (non-hydrogen) atoms. The minimum atomic E-state index is -0.466. The minimum absolute atomic E-state index is 0.0549. The number of amides is 1. The molecule has 0 atom stereocenters. The fourth-order valence-corrected chi connectivity index (χ4v) is 4.52. The lowest BCUT2D eigenvalue weighted by atomic mass is 10.2. The van der Waals surface area contributed by atoms with Crippen LogP contribution in [0.3, 0.4) is 0 Å². The number of hydrogen-bond donors (Lipinski definition) is 1. The number of thioether (sulfide) groups is 2. The highest BCUT2D eigenvalue weighted by Gasteiger charge is 2.33. The second-order valence-electron chi connectivity index (χ2n) is 5.41. The van der Waals surface area contributed by atoms with Gasteiger partial charge in [0.25, 0.3) is 11.6 Å². The number of aliphatic hydroxyl groups excluding tert-OH is 1. The van der Waals surface area contributed by atoms with Crippen molar-refractivity contribution in [2.75, 3.05) is 17.3 Å². The smallest absolute Gasteiger partial charge is 0.283 e. The molecule has 1 amide bonds. The van der Waals surface area contributed by atoms with Gasteiger partial charge in [0, 0.05) is 11.8 Å². The van der Waals surface area contributed by atoms with Crippen LogP contribution in [-0.4, -0.2) is 32.6 Å². The Bertz CT molecular complexity index is 931. The SMILES string of the molecule is O=C1/C(=C/c2ccc(SCCO)c([N+](=O)[O-])c2)SC(=S)N1c1ccccc1. The fraction of sp³-hybridized carbons (Fsp3) is 0.111. The second kappa shape index (κ2) is 8.66. The van der Waals surface area contributed by atoms with Crippen molar-refractivity contribution >= 4 is 63.4 Å². The van der Waals surface area contributed by atoms with E-state index < -0.39 is 4.92 Å². The van der Waals surface area contributed by atoms with Crippen LogP contribution in [0.4, 0.5) is 11.4 Å². The van der Waals surface area contributed by atoms with Gasteiger partial charge in [-0.2, -0.15) is 0 Å². The molecule has 0 aromatic heterocycles. The molecule has 2 aromatic carbocycles. The lowest BCUT2D eigenvalue weighted by molar-refractivity contribution is -0.387. The molecule has 1 fully saturated rings. The van der Waals surface area contributed by atoms with Gasteiger partial charge in [0.15, 0.2) is 4.32 Å². The van der Waals surface area contributed by atoms with Crippen LogP contribution in [0.25, 0.3) is 6.08 Å². The summed E-state index contributed by atoms with van der Waals surface area (Å²) >= 11 is 7.70. The van der Waals surface area contributed by atoms with Gasteiger partial charge in [-0.05, 0) is 29.8 Å². The number of carbonyl (C=O) groups excluding carboxylic acids is 1. The molecule has 0 aliphatic carbocycles. The van der Waals surface area contributed by atoms with Crippen molar-refractivity contribution in [3.63, 3.8) is 0 Å². The molecule has 3 rings (SSSR count). The monoisotopic (exact) mass is 418 g/mol. The average molecular weight is 419 g/mol. The van der Waals surface area contributed by atoms with E-state index in [1.165, 1.54) is 22.7 Å². The van der Waals surface area contributed by atoms with E-state index in [9.17, 15) is 14.9 Å². The summed E-state index contributed by atoms with van der Waals surface area (Å²) in [7, 11) is 0. The van der Waals surface area contributed by atoms with Gasteiger partial charge in [0.05, 0.1) is 27.0 Å². The zero-order chi connectivity index (χ0) is 19.4. The number of benzene rings is 2. The molecule has 1 saturated heterocycles. The Kier molecular flexibility index (Phi) is 6.27. The second-order valence-corrected chi connectivity index (χ2v) is 8.22. The maximum absolute atomic E-state index is 12.7. The molecule has 0 saturated carbocycles. The Morgan fingerprint density at radius 3 is 2.67 bits per heavy atom. The number of hydrogen-bond acceptors (Lipinski definition) is 7. The van der Waals surface area contributed by atoms with E-state index in [1.54, 1.807) is 30.3 Å². The molecular weight excluding hydrogens is 404 g/mol. The topological polar surface area (TPSA) is 83.7 Å². The van der Waals surface area contributed by atoms with E-state index in [2.05, 4.69) is 0 Å². The maximum Gasteiger partial charge on any atom is 0.283 e. The number of para-hydroxylation sites is 1. The quantitative estimate of drug-likeness (QED) is 0.249. The molecule has 2 aromatic rings. The maximum atomic E-state index is 12.7. The van der Waals surface area contributed by atoms with E-state index in [4.69, 9.17) is 17.3 Å². The number of nitro groups is 1. The van der Waals surface area contributed by atoms with Gasteiger partial charge >= 0.3 is 0 Å². The Labute approximate surface area is 169 Å². The molecule has 1 heterocycles. The fourth-order valence-electron chi connectivity index (χ4n) is 2.46. The predicted octanol–water partition coefficient (Wildman–Crippen LogP) is 4.09. The van der Waals surface area contributed by atoms with Gasteiger partial charge in [-0.15, -0.1) is 11.8 Å². The number of nitrogens with zero attached hydrogens (tertiary/aromatic N) is 2. The summed E-state index contributed by atoms with van der Waals surface area (Å²) in [6.45, 7) is -0.0640. The first kappa shape index (κ1) is 19.6. The lowest BCUT2D eigenvalue weighted by Gasteiger charge is -2.13. The molecule has 6 nitrogen and oxygen atoms in total. The third-order valence-corrected chi connectivity index (χ3v) is 5.98. The Balaban J connectivity index is 1.90. The van der Waals surface area contributed by atoms with E-state index in [-0.39, 0.29) is 18.2 Å². The zero-order valence-electron chi connectivity index (χ0n) is 13.9. The number of carbonyl (C=O) groups is 1. The van der Waals surface area contributed by atoms with Crippen LogP contribution in [0.15, 0.2) is 58.3 Å².